The van der Waals surface area contributed by atoms with E-state index in [2.05, 4.69) is 4.90 Å². The van der Waals surface area contributed by atoms with Crippen molar-refractivity contribution in [3.63, 3.8) is 0 Å². The number of likely N-dealkylation sites (tertiary alicyclic amines) is 1. The van der Waals surface area contributed by atoms with Gasteiger partial charge in [-0.2, -0.15) is 0 Å². The van der Waals surface area contributed by atoms with Crippen molar-refractivity contribution in [3.8, 4) is 5.75 Å². The molecule has 0 bridgehead atoms. The average Bonchev–Trinajstić information content (AvgIpc) is 2.82. The summed E-state index contributed by atoms with van der Waals surface area (Å²) < 4.78 is 5.69. The fourth-order valence-electron chi connectivity index (χ4n) is 2.73. The van der Waals surface area contributed by atoms with E-state index in [0.29, 0.717) is 18.2 Å². The summed E-state index contributed by atoms with van der Waals surface area (Å²) in [5, 5.41) is 0. The highest BCUT2D eigenvalue weighted by Gasteiger charge is 2.24. The first-order valence-electron chi connectivity index (χ1n) is 7.17. The molecular weight excluding hydrogens is 238 g/mol. The molecule has 2 rings (SSSR count). The van der Waals surface area contributed by atoms with Crippen LogP contribution in [-0.4, -0.2) is 36.4 Å². The number of Topliss-reactive ketones (excluding diaryl/α,β-unsaturated/α-hetero) is 1. The third-order valence-corrected chi connectivity index (χ3v) is 3.62. The quantitative estimate of drug-likeness (QED) is 0.707. The minimum atomic E-state index is 0.303. The first-order chi connectivity index (χ1) is 9.25. The summed E-state index contributed by atoms with van der Waals surface area (Å²) in [5.74, 6) is 1.24. The van der Waals surface area contributed by atoms with E-state index in [4.69, 9.17) is 4.74 Å². The van der Waals surface area contributed by atoms with E-state index in [1.54, 1.807) is 6.92 Å². The molecule has 0 saturated carbocycles. The molecule has 1 fully saturated rings. The summed E-state index contributed by atoms with van der Waals surface area (Å²) in [5.41, 5.74) is 0. The highest BCUT2D eigenvalue weighted by molar-refractivity contribution is 5.76. The monoisotopic (exact) mass is 261 g/mol. The summed E-state index contributed by atoms with van der Waals surface area (Å²) in [7, 11) is 0. The number of ether oxygens (including phenoxy) is 1. The molecule has 19 heavy (non-hydrogen) atoms. The van der Waals surface area contributed by atoms with Crippen molar-refractivity contribution < 1.29 is 9.53 Å². The molecule has 1 atom stereocenters. The van der Waals surface area contributed by atoms with Gasteiger partial charge in [0, 0.05) is 19.0 Å². The van der Waals surface area contributed by atoms with Gasteiger partial charge in [0.25, 0.3) is 0 Å². The van der Waals surface area contributed by atoms with Crippen molar-refractivity contribution >= 4 is 5.78 Å². The molecule has 1 aliphatic rings. The molecule has 1 aromatic rings. The van der Waals surface area contributed by atoms with Gasteiger partial charge in [-0.3, -0.25) is 9.69 Å². The van der Waals surface area contributed by atoms with Crippen molar-refractivity contribution in [2.24, 2.45) is 0 Å². The molecule has 1 unspecified atom stereocenters. The van der Waals surface area contributed by atoms with Crippen molar-refractivity contribution in [2.75, 3.05) is 19.7 Å². The van der Waals surface area contributed by atoms with Gasteiger partial charge < -0.3 is 4.74 Å². The van der Waals surface area contributed by atoms with Crippen molar-refractivity contribution in [3.05, 3.63) is 30.3 Å². The zero-order valence-corrected chi connectivity index (χ0v) is 11.7. The predicted molar refractivity (Wildman–Crippen MR) is 76.4 cm³/mol. The Morgan fingerprint density at radius 1 is 1.37 bits per heavy atom. The first kappa shape index (κ1) is 14.1. The van der Waals surface area contributed by atoms with Crippen LogP contribution < -0.4 is 4.74 Å². The Morgan fingerprint density at radius 3 is 2.89 bits per heavy atom. The van der Waals surface area contributed by atoms with Crippen LogP contribution in [-0.2, 0) is 4.79 Å². The lowest BCUT2D eigenvalue weighted by molar-refractivity contribution is -0.118. The van der Waals surface area contributed by atoms with E-state index in [9.17, 15) is 4.79 Å². The molecule has 3 nitrogen and oxygen atoms in total. The largest absolute Gasteiger partial charge is 0.494 e. The van der Waals surface area contributed by atoms with E-state index < -0.39 is 0 Å². The number of rotatable bonds is 7. The van der Waals surface area contributed by atoms with Crippen LogP contribution >= 0.6 is 0 Å². The number of benzene rings is 1. The van der Waals surface area contributed by atoms with Crippen LogP contribution in [0.5, 0.6) is 5.75 Å². The average molecular weight is 261 g/mol. The van der Waals surface area contributed by atoms with E-state index in [1.165, 1.54) is 12.8 Å². The number of nitrogens with zero attached hydrogens (tertiary/aromatic N) is 1. The molecular formula is C16H23NO2. The maximum atomic E-state index is 11.2. The fraction of sp³-hybridized carbons (Fsp3) is 0.562. The lowest BCUT2D eigenvalue weighted by Crippen LogP contribution is -2.32. The zero-order chi connectivity index (χ0) is 13.5. The van der Waals surface area contributed by atoms with E-state index in [1.807, 2.05) is 30.3 Å². The predicted octanol–water partition coefficient (Wildman–Crippen LogP) is 2.90. The molecule has 1 heterocycles. The van der Waals surface area contributed by atoms with Crippen LogP contribution in [0, 0.1) is 0 Å². The Labute approximate surface area is 115 Å². The molecule has 0 amide bonds. The van der Waals surface area contributed by atoms with Crippen molar-refractivity contribution in [2.45, 2.75) is 38.6 Å². The summed E-state index contributed by atoms with van der Waals surface area (Å²) in [4.78, 5) is 13.6. The van der Waals surface area contributed by atoms with Crippen LogP contribution in [0.3, 0.4) is 0 Å². The van der Waals surface area contributed by atoms with Gasteiger partial charge in [0.1, 0.15) is 11.5 Å². The molecule has 3 heteroatoms. The van der Waals surface area contributed by atoms with Gasteiger partial charge in [-0.1, -0.05) is 18.2 Å². The van der Waals surface area contributed by atoms with Crippen LogP contribution in [0.4, 0.5) is 0 Å². The number of para-hydroxylation sites is 1. The second-order valence-corrected chi connectivity index (χ2v) is 5.25. The lowest BCUT2D eigenvalue weighted by atomic mass is 10.1. The van der Waals surface area contributed by atoms with Crippen LogP contribution in [0.15, 0.2) is 30.3 Å². The summed E-state index contributed by atoms with van der Waals surface area (Å²) in [6, 6.07) is 10.4. The molecule has 1 aliphatic heterocycles. The third kappa shape index (κ3) is 4.67. The second kappa shape index (κ2) is 7.29. The Balaban J connectivity index is 1.66. The minimum Gasteiger partial charge on any atom is -0.494 e. The van der Waals surface area contributed by atoms with Gasteiger partial charge in [-0.05, 0) is 44.9 Å². The normalized spacial score (nSPS) is 19.5. The number of carbonyl (C=O) groups excluding carboxylic acids is 1. The Morgan fingerprint density at radius 2 is 2.16 bits per heavy atom. The van der Waals surface area contributed by atoms with Gasteiger partial charge in [-0.15, -0.1) is 0 Å². The molecule has 0 N–H and O–H groups in total. The van der Waals surface area contributed by atoms with Crippen LogP contribution in [0.1, 0.15) is 32.6 Å². The van der Waals surface area contributed by atoms with Crippen LogP contribution in [0.25, 0.3) is 0 Å². The first-order valence-corrected chi connectivity index (χ1v) is 7.17. The number of ketones is 1. The molecule has 104 valence electrons. The summed E-state index contributed by atoms with van der Waals surface area (Å²) in [6.45, 7) is 4.59. The van der Waals surface area contributed by atoms with Crippen LogP contribution in [0.2, 0.25) is 0 Å². The summed E-state index contributed by atoms with van der Waals surface area (Å²) >= 11 is 0. The summed E-state index contributed by atoms with van der Waals surface area (Å²) in [6.07, 6.45) is 4.11. The van der Waals surface area contributed by atoms with Gasteiger partial charge in [0.2, 0.25) is 0 Å². The fourth-order valence-corrected chi connectivity index (χ4v) is 2.73. The lowest BCUT2D eigenvalue weighted by Gasteiger charge is -2.23. The van der Waals surface area contributed by atoms with E-state index in [-0.39, 0.29) is 0 Å². The SMILES string of the molecule is CC(=O)CC1CCCN1CCCOc1ccccc1. The maximum absolute atomic E-state index is 11.2. The van der Waals surface area contributed by atoms with Gasteiger partial charge in [-0.25, -0.2) is 0 Å². The van der Waals surface area contributed by atoms with Gasteiger partial charge in [0.05, 0.1) is 6.61 Å². The highest BCUT2D eigenvalue weighted by atomic mass is 16.5. The third-order valence-electron chi connectivity index (χ3n) is 3.62. The second-order valence-electron chi connectivity index (χ2n) is 5.25. The molecule has 0 aromatic heterocycles. The van der Waals surface area contributed by atoms with Crippen molar-refractivity contribution in [1.29, 1.82) is 0 Å². The standard InChI is InChI=1S/C16H23NO2/c1-14(18)13-15-7-5-10-17(15)11-6-12-19-16-8-3-2-4-9-16/h2-4,8-9,15H,5-7,10-13H2,1H3. The topological polar surface area (TPSA) is 29.5 Å². The molecule has 1 aromatic carbocycles. The number of carbonyl (C=O) groups is 1. The Bertz CT molecular complexity index is 391. The van der Waals surface area contributed by atoms with E-state index in [0.717, 1.165) is 31.9 Å². The molecule has 0 aliphatic carbocycles. The minimum absolute atomic E-state index is 0.303. The van der Waals surface area contributed by atoms with E-state index >= 15 is 0 Å². The smallest absolute Gasteiger partial charge is 0.131 e. The zero-order valence-electron chi connectivity index (χ0n) is 11.7. The molecule has 0 spiro atoms. The Kier molecular flexibility index (Phi) is 5.40. The number of hydrogen-bond donors (Lipinski definition) is 0. The Hall–Kier alpha value is -1.35. The highest BCUT2D eigenvalue weighted by Crippen LogP contribution is 2.20. The maximum Gasteiger partial charge on any atom is 0.131 e. The molecule has 1 saturated heterocycles. The number of hydrogen-bond acceptors (Lipinski definition) is 3. The van der Waals surface area contributed by atoms with Gasteiger partial charge >= 0.3 is 0 Å². The van der Waals surface area contributed by atoms with Crippen molar-refractivity contribution in [1.82, 2.24) is 4.90 Å². The molecule has 0 radical (unpaired) electrons. The van der Waals surface area contributed by atoms with Gasteiger partial charge in [0.15, 0.2) is 0 Å².